The number of carboxylic acid groups (broad SMARTS) is 1. The maximum absolute atomic E-state index is 12.5. The molecule has 24 heavy (non-hydrogen) atoms. The first-order valence-corrected chi connectivity index (χ1v) is 9.05. The molecule has 128 valence electrons. The summed E-state index contributed by atoms with van der Waals surface area (Å²) in [5.74, 6) is -1.67. The Balaban J connectivity index is 1.71. The van der Waals surface area contributed by atoms with Gasteiger partial charge in [0.25, 0.3) is 5.91 Å². The van der Waals surface area contributed by atoms with E-state index in [1.54, 1.807) is 24.0 Å². The molecule has 2 unspecified atom stereocenters. The normalized spacial score (nSPS) is 21.7. The molecule has 1 amide bonds. The van der Waals surface area contributed by atoms with Crippen molar-refractivity contribution in [3.05, 3.63) is 29.7 Å². The van der Waals surface area contributed by atoms with E-state index in [0.29, 0.717) is 23.5 Å². The number of amides is 1. The van der Waals surface area contributed by atoms with Crippen LogP contribution in [0.2, 0.25) is 0 Å². The number of hydrogen-bond acceptors (Lipinski definition) is 5. The van der Waals surface area contributed by atoms with Crippen LogP contribution in [0.25, 0.3) is 10.6 Å². The van der Waals surface area contributed by atoms with E-state index >= 15 is 0 Å². The smallest absolute Gasteiger partial charge is 0.308 e. The number of hydrogen-bond donors (Lipinski definition) is 2. The summed E-state index contributed by atoms with van der Waals surface area (Å²) in [7, 11) is 0. The minimum absolute atomic E-state index is 0.308. The second-order valence-corrected chi connectivity index (χ2v) is 6.92. The van der Waals surface area contributed by atoms with E-state index in [1.165, 1.54) is 11.3 Å². The molecule has 2 heterocycles. The Morgan fingerprint density at radius 3 is 2.75 bits per heavy atom. The van der Waals surface area contributed by atoms with Crippen molar-refractivity contribution in [1.82, 2.24) is 10.3 Å². The van der Waals surface area contributed by atoms with Crippen molar-refractivity contribution in [2.75, 3.05) is 0 Å². The summed E-state index contributed by atoms with van der Waals surface area (Å²) >= 11 is 1.36. The zero-order valence-electron chi connectivity index (χ0n) is 13.2. The average Bonchev–Trinajstić information content (AvgIpc) is 3.19. The predicted octanol–water partition coefficient (Wildman–Crippen LogP) is 3.56. The molecule has 0 spiro atoms. The first-order chi connectivity index (χ1) is 11.6. The van der Waals surface area contributed by atoms with Gasteiger partial charge in [0.15, 0.2) is 0 Å². The molecular weight excluding hydrogens is 328 g/mol. The Labute approximate surface area is 143 Å². The first-order valence-electron chi connectivity index (χ1n) is 8.17. The van der Waals surface area contributed by atoms with Crippen molar-refractivity contribution in [1.29, 1.82) is 0 Å². The topological polar surface area (TPSA) is 92.4 Å². The number of rotatable bonds is 4. The van der Waals surface area contributed by atoms with Crippen LogP contribution < -0.4 is 5.32 Å². The summed E-state index contributed by atoms with van der Waals surface area (Å²) in [5.41, 5.74) is 1.15. The Bertz CT molecular complexity index is 695. The molecule has 0 radical (unpaired) electrons. The molecule has 1 fully saturated rings. The highest BCUT2D eigenvalue weighted by Gasteiger charge is 2.30. The van der Waals surface area contributed by atoms with Crippen molar-refractivity contribution < 1.29 is 19.1 Å². The Kier molecular flexibility index (Phi) is 5.30. The fourth-order valence-electron chi connectivity index (χ4n) is 3.09. The van der Waals surface area contributed by atoms with Gasteiger partial charge in [0.1, 0.15) is 17.0 Å². The third kappa shape index (κ3) is 3.84. The Morgan fingerprint density at radius 2 is 2.04 bits per heavy atom. The van der Waals surface area contributed by atoms with Crippen molar-refractivity contribution in [2.45, 2.75) is 44.6 Å². The van der Waals surface area contributed by atoms with E-state index < -0.39 is 11.9 Å². The monoisotopic (exact) mass is 348 g/mol. The van der Waals surface area contributed by atoms with Crippen LogP contribution in [0.1, 0.15) is 49.0 Å². The number of furan rings is 1. The Hall–Kier alpha value is -2.15. The molecule has 0 aromatic carbocycles. The number of carboxylic acids is 1. The molecule has 1 saturated carbocycles. The van der Waals surface area contributed by atoms with Gasteiger partial charge in [-0.1, -0.05) is 25.7 Å². The summed E-state index contributed by atoms with van der Waals surface area (Å²) in [4.78, 5) is 28.3. The summed E-state index contributed by atoms with van der Waals surface area (Å²) in [5, 5.41) is 14.8. The third-order valence-corrected chi connectivity index (χ3v) is 5.30. The zero-order valence-corrected chi connectivity index (χ0v) is 14.1. The van der Waals surface area contributed by atoms with Crippen LogP contribution in [-0.2, 0) is 4.79 Å². The fourth-order valence-corrected chi connectivity index (χ4v) is 3.88. The Morgan fingerprint density at radius 1 is 1.25 bits per heavy atom. The lowest BCUT2D eigenvalue weighted by molar-refractivity contribution is -0.143. The van der Waals surface area contributed by atoms with Gasteiger partial charge in [0, 0.05) is 17.0 Å². The lowest BCUT2D eigenvalue weighted by Gasteiger charge is -2.26. The van der Waals surface area contributed by atoms with Crippen LogP contribution in [0.3, 0.4) is 0 Å². The second kappa shape index (κ2) is 7.61. The molecule has 2 aromatic rings. The average molecular weight is 348 g/mol. The molecule has 2 aromatic heterocycles. The van der Waals surface area contributed by atoms with Crippen LogP contribution in [0.4, 0.5) is 0 Å². The van der Waals surface area contributed by atoms with Crippen molar-refractivity contribution in [3.8, 4) is 10.6 Å². The van der Waals surface area contributed by atoms with E-state index in [9.17, 15) is 14.7 Å². The highest BCUT2D eigenvalue weighted by molar-refractivity contribution is 7.13. The van der Waals surface area contributed by atoms with Crippen LogP contribution in [0.5, 0.6) is 0 Å². The molecule has 2 N–H and O–H groups in total. The van der Waals surface area contributed by atoms with Gasteiger partial charge >= 0.3 is 5.97 Å². The first kappa shape index (κ1) is 16.7. The van der Waals surface area contributed by atoms with Gasteiger partial charge in [0.05, 0.1) is 12.2 Å². The summed E-state index contributed by atoms with van der Waals surface area (Å²) in [6.07, 6.45) is 8.42. The van der Waals surface area contributed by atoms with Crippen LogP contribution in [0, 0.1) is 5.92 Å². The molecule has 0 bridgehead atoms. The largest absolute Gasteiger partial charge is 0.481 e. The summed E-state index contributed by atoms with van der Waals surface area (Å²) < 4.78 is 5.03. The molecule has 2 atom stereocenters. The third-order valence-electron chi connectivity index (χ3n) is 4.40. The summed E-state index contributed by atoms with van der Waals surface area (Å²) in [6.45, 7) is 0. The van der Waals surface area contributed by atoms with Gasteiger partial charge in [-0.2, -0.15) is 0 Å². The van der Waals surface area contributed by atoms with E-state index in [1.807, 2.05) is 0 Å². The fraction of sp³-hybridized carbons (Fsp3) is 0.471. The quantitative estimate of drug-likeness (QED) is 0.881. The van der Waals surface area contributed by atoms with Crippen LogP contribution in [-0.4, -0.2) is 28.0 Å². The number of carbonyl (C=O) groups excluding carboxylic acids is 1. The maximum atomic E-state index is 12.5. The zero-order chi connectivity index (χ0) is 16.9. The number of aliphatic carboxylic acids is 1. The van der Waals surface area contributed by atoms with Crippen molar-refractivity contribution in [2.24, 2.45) is 5.92 Å². The predicted molar refractivity (Wildman–Crippen MR) is 89.9 cm³/mol. The number of thiazole rings is 1. The molecular formula is C17H20N2O4S. The van der Waals surface area contributed by atoms with E-state index in [2.05, 4.69) is 10.3 Å². The lowest BCUT2D eigenvalue weighted by atomic mass is 9.86. The van der Waals surface area contributed by atoms with Crippen LogP contribution >= 0.6 is 11.3 Å². The van der Waals surface area contributed by atoms with Crippen molar-refractivity contribution in [3.63, 3.8) is 0 Å². The van der Waals surface area contributed by atoms with Crippen molar-refractivity contribution >= 4 is 23.2 Å². The minimum Gasteiger partial charge on any atom is -0.481 e. The number of nitrogens with one attached hydrogen (secondary N) is 1. The van der Waals surface area contributed by atoms with Gasteiger partial charge in [-0.15, -0.1) is 11.3 Å². The van der Waals surface area contributed by atoms with Gasteiger partial charge in [0.2, 0.25) is 0 Å². The van der Waals surface area contributed by atoms with E-state index in [0.717, 1.165) is 31.2 Å². The molecule has 7 heteroatoms. The maximum Gasteiger partial charge on any atom is 0.308 e. The van der Waals surface area contributed by atoms with Gasteiger partial charge in [-0.05, 0) is 18.9 Å². The highest BCUT2D eigenvalue weighted by atomic mass is 32.1. The lowest BCUT2D eigenvalue weighted by Crippen LogP contribution is -2.44. The second-order valence-electron chi connectivity index (χ2n) is 6.07. The summed E-state index contributed by atoms with van der Waals surface area (Å²) in [6, 6.07) is 1.45. The van der Waals surface area contributed by atoms with Gasteiger partial charge < -0.3 is 14.8 Å². The SMILES string of the molecule is O=C(NC1CCCCCCC1C(=O)O)c1csc(-c2ccoc2)n1. The van der Waals surface area contributed by atoms with E-state index in [-0.39, 0.29) is 11.9 Å². The van der Waals surface area contributed by atoms with E-state index in [4.69, 9.17) is 4.42 Å². The standard InChI is InChI=1S/C17H20N2O4S/c20-15(14-10-24-16(19-14)11-7-8-23-9-11)18-13-6-4-2-1-3-5-12(13)17(21)22/h7-10,12-13H,1-6H2,(H,18,20)(H,21,22). The molecule has 0 saturated heterocycles. The number of carbonyl (C=O) groups is 2. The highest BCUT2D eigenvalue weighted by Crippen LogP contribution is 2.26. The molecule has 1 aliphatic rings. The molecule has 1 aliphatic carbocycles. The number of aromatic nitrogens is 1. The number of nitrogens with zero attached hydrogens (tertiary/aromatic N) is 1. The molecule has 6 nitrogen and oxygen atoms in total. The van der Waals surface area contributed by atoms with Gasteiger partial charge in [-0.3, -0.25) is 9.59 Å². The molecule has 0 aliphatic heterocycles. The minimum atomic E-state index is -0.834. The molecule has 3 rings (SSSR count). The van der Waals surface area contributed by atoms with Gasteiger partial charge in [-0.25, -0.2) is 4.98 Å². The van der Waals surface area contributed by atoms with Crippen LogP contribution in [0.15, 0.2) is 28.4 Å².